The van der Waals surface area contributed by atoms with E-state index in [0.717, 1.165) is 32.5 Å². The van der Waals surface area contributed by atoms with Gasteiger partial charge in [-0.25, -0.2) is 0 Å². The first kappa shape index (κ1) is 14.4. The zero-order valence-corrected chi connectivity index (χ0v) is 12.1. The summed E-state index contributed by atoms with van der Waals surface area (Å²) in [6.07, 6.45) is 2.83. The number of aliphatic hydroxyl groups is 1. The average molecular weight is 262 g/mol. The molecule has 1 unspecified atom stereocenters. The number of hydrogen-bond donors (Lipinski definition) is 2. The first-order valence-electron chi connectivity index (χ1n) is 7.47. The molecule has 1 atom stereocenters. The van der Waals surface area contributed by atoms with Gasteiger partial charge in [0, 0.05) is 24.8 Å². The molecule has 2 rings (SSSR count). The molecule has 1 aliphatic heterocycles. The molecule has 0 aliphatic carbocycles. The summed E-state index contributed by atoms with van der Waals surface area (Å²) in [5, 5.41) is 13.0. The second-order valence-corrected chi connectivity index (χ2v) is 5.49. The fraction of sp³-hybridized carbons (Fsp3) is 0.625. The highest BCUT2D eigenvalue weighted by Crippen LogP contribution is 2.22. The molecule has 106 valence electrons. The van der Waals surface area contributed by atoms with Gasteiger partial charge in [0.1, 0.15) is 0 Å². The van der Waals surface area contributed by atoms with Crippen LogP contribution >= 0.6 is 0 Å². The standard InChI is InChI=1S/C16H26N2O/c1-3-10-17-13(2)14-4-6-15(7-5-14)18-11-8-16(19)9-12-18/h4-7,13,16-17,19H,3,8-12H2,1-2H3. The molecule has 1 saturated heterocycles. The van der Waals surface area contributed by atoms with Crippen molar-refractivity contribution in [1.29, 1.82) is 0 Å². The van der Waals surface area contributed by atoms with Gasteiger partial charge in [-0.1, -0.05) is 19.1 Å². The number of nitrogens with zero attached hydrogens (tertiary/aromatic N) is 1. The van der Waals surface area contributed by atoms with Crippen molar-refractivity contribution in [3.8, 4) is 0 Å². The molecule has 19 heavy (non-hydrogen) atoms. The van der Waals surface area contributed by atoms with E-state index in [1.807, 2.05) is 0 Å². The third-order valence-electron chi connectivity index (χ3n) is 3.92. The quantitative estimate of drug-likeness (QED) is 0.856. The van der Waals surface area contributed by atoms with E-state index >= 15 is 0 Å². The summed E-state index contributed by atoms with van der Waals surface area (Å²) in [7, 11) is 0. The van der Waals surface area contributed by atoms with Crippen LogP contribution in [0.2, 0.25) is 0 Å². The first-order chi connectivity index (χ1) is 9.20. The van der Waals surface area contributed by atoms with Crippen molar-refractivity contribution >= 4 is 5.69 Å². The molecule has 0 bridgehead atoms. The molecular formula is C16H26N2O. The van der Waals surface area contributed by atoms with Crippen molar-refractivity contribution in [1.82, 2.24) is 5.32 Å². The minimum Gasteiger partial charge on any atom is -0.393 e. The Kier molecular flexibility index (Phi) is 5.23. The van der Waals surface area contributed by atoms with Crippen LogP contribution in [0.4, 0.5) is 5.69 Å². The topological polar surface area (TPSA) is 35.5 Å². The Morgan fingerprint density at radius 2 is 1.89 bits per heavy atom. The average Bonchev–Trinajstić information content (AvgIpc) is 2.46. The van der Waals surface area contributed by atoms with Crippen molar-refractivity contribution in [2.75, 3.05) is 24.5 Å². The van der Waals surface area contributed by atoms with Gasteiger partial charge in [0.15, 0.2) is 0 Å². The van der Waals surface area contributed by atoms with Gasteiger partial charge in [0.05, 0.1) is 6.10 Å². The lowest BCUT2D eigenvalue weighted by molar-refractivity contribution is 0.145. The summed E-state index contributed by atoms with van der Waals surface area (Å²) in [5.41, 5.74) is 2.62. The van der Waals surface area contributed by atoms with Crippen molar-refractivity contribution in [2.24, 2.45) is 0 Å². The maximum absolute atomic E-state index is 9.54. The smallest absolute Gasteiger partial charge is 0.0574 e. The van der Waals surface area contributed by atoms with Crippen LogP contribution in [0.1, 0.15) is 44.7 Å². The third kappa shape index (κ3) is 3.95. The molecule has 0 spiro atoms. The molecule has 2 N–H and O–H groups in total. The maximum atomic E-state index is 9.54. The molecule has 0 aromatic heterocycles. The number of anilines is 1. The molecule has 1 aromatic carbocycles. The predicted octanol–water partition coefficient (Wildman–Crippen LogP) is 2.71. The van der Waals surface area contributed by atoms with Crippen molar-refractivity contribution in [3.63, 3.8) is 0 Å². The molecule has 1 aliphatic rings. The first-order valence-corrected chi connectivity index (χ1v) is 7.47. The Bertz CT molecular complexity index is 369. The Balaban J connectivity index is 1.94. The molecule has 1 heterocycles. The van der Waals surface area contributed by atoms with E-state index in [1.165, 1.54) is 17.7 Å². The van der Waals surface area contributed by atoms with Crippen LogP contribution in [-0.4, -0.2) is 30.8 Å². The molecule has 3 heteroatoms. The Hall–Kier alpha value is -1.06. The van der Waals surface area contributed by atoms with Gasteiger partial charge in [-0.05, 0) is 50.4 Å². The molecule has 1 fully saturated rings. The van der Waals surface area contributed by atoms with Crippen LogP contribution in [0.3, 0.4) is 0 Å². The van der Waals surface area contributed by atoms with Crippen LogP contribution in [0.5, 0.6) is 0 Å². The van der Waals surface area contributed by atoms with Gasteiger partial charge < -0.3 is 15.3 Å². The van der Waals surface area contributed by atoms with E-state index in [-0.39, 0.29) is 6.10 Å². The second-order valence-electron chi connectivity index (χ2n) is 5.49. The molecule has 0 amide bonds. The van der Waals surface area contributed by atoms with Gasteiger partial charge in [-0.2, -0.15) is 0 Å². The fourth-order valence-corrected chi connectivity index (χ4v) is 2.58. The van der Waals surface area contributed by atoms with E-state index in [4.69, 9.17) is 0 Å². The second kappa shape index (κ2) is 6.92. The summed E-state index contributed by atoms with van der Waals surface area (Å²) in [4.78, 5) is 2.36. The number of benzene rings is 1. The number of piperidine rings is 1. The van der Waals surface area contributed by atoms with Gasteiger partial charge in [-0.3, -0.25) is 0 Å². The maximum Gasteiger partial charge on any atom is 0.0574 e. The minimum absolute atomic E-state index is 0.103. The molecule has 1 aromatic rings. The lowest BCUT2D eigenvalue weighted by Crippen LogP contribution is -2.35. The lowest BCUT2D eigenvalue weighted by Gasteiger charge is -2.31. The highest BCUT2D eigenvalue weighted by molar-refractivity contribution is 5.48. The number of nitrogens with one attached hydrogen (secondary N) is 1. The molecular weight excluding hydrogens is 236 g/mol. The summed E-state index contributed by atoms with van der Waals surface area (Å²) in [6.45, 7) is 7.39. The van der Waals surface area contributed by atoms with Crippen molar-refractivity contribution in [3.05, 3.63) is 29.8 Å². The van der Waals surface area contributed by atoms with Crippen molar-refractivity contribution < 1.29 is 5.11 Å². The van der Waals surface area contributed by atoms with E-state index in [0.29, 0.717) is 6.04 Å². The summed E-state index contributed by atoms with van der Waals surface area (Å²) >= 11 is 0. The van der Waals surface area contributed by atoms with E-state index in [9.17, 15) is 5.11 Å². The summed E-state index contributed by atoms with van der Waals surface area (Å²) < 4.78 is 0. The Morgan fingerprint density at radius 1 is 1.26 bits per heavy atom. The zero-order chi connectivity index (χ0) is 13.7. The monoisotopic (exact) mass is 262 g/mol. The van der Waals surface area contributed by atoms with Crippen LogP contribution < -0.4 is 10.2 Å². The highest BCUT2D eigenvalue weighted by atomic mass is 16.3. The van der Waals surface area contributed by atoms with Crippen molar-refractivity contribution in [2.45, 2.75) is 45.3 Å². The van der Waals surface area contributed by atoms with E-state index in [1.54, 1.807) is 0 Å². The van der Waals surface area contributed by atoms with Crippen LogP contribution in [0.15, 0.2) is 24.3 Å². The summed E-state index contributed by atoms with van der Waals surface area (Å²) in [5.74, 6) is 0. The largest absolute Gasteiger partial charge is 0.393 e. The van der Waals surface area contributed by atoms with Gasteiger partial charge >= 0.3 is 0 Å². The third-order valence-corrected chi connectivity index (χ3v) is 3.92. The molecule has 0 saturated carbocycles. The van der Waals surface area contributed by atoms with Crippen LogP contribution in [0, 0.1) is 0 Å². The number of hydrogen-bond acceptors (Lipinski definition) is 3. The van der Waals surface area contributed by atoms with Crippen LogP contribution in [0.25, 0.3) is 0 Å². The molecule has 0 radical (unpaired) electrons. The Labute approximate surface area is 116 Å². The van der Waals surface area contributed by atoms with Crippen LogP contribution in [-0.2, 0) is 0 Å². The lowest BCUT2D eigenvalue weighted by atomic mass is 10.0. The predicted molar refractivity (Wildman–Crippen MR) is 80.6 cm³/mol. The zero-order valence-electron chi connectivity index (χ0n) is 12.1. The van der Waals surface area contributed by atoms with E-state index in [2.05, 4.69) is 48.3 Å². The highest BCUT2D eigenvalue weighted by Gasteiger charge is 2.17. The summed E-state index contributed by atoms with van der Waals surface area (Å²) in [6, 6.07) is 9.26. The Morgan fingerprint density at radius 3 is 2.47 bits per heavy atom. The number of rotatable bonds is 5. The van der Waals surface area contributed by atoms with Gasteiger partial charge in [0.2, 0.25) is 0 Å². The van der Waals surface area contributed by atoms with E-state index < -0.39 is 0 Å². The SMILES string of the molecule is CCCNC(C)c1ccc(N2CCC(O)CC2)cc1. The number of aliphatic hydroxyl groups excluding tert-OH is 1. The molecule has 3 nitrogen and oxygen atoms in total. The van der Waals surface area contributed by atoms with Gasteiger partial charge in [0.25, 0.3) is 0 Å². The normalized spacial score (nSPS) is 18.6. The van der Waals surface area contributed by atoms with Gasteiger partial charge in [-0.15, -0.1) is 0 Å². The fourth-order valence-electron chi connectivity index (χ4n) is 2.58. The minimum atomic E-state index is -0.103.